The van der Waals surface area contributed by atoms with Crippen molar-refractivity contribution in [2.45, 2.75) is 27.7 Å². The van der Waals surface area contributed by atoms with Crippen molar-refractivity contribution in [1.82, 2.24) is 0 Å². The summed E-state index contributed by atoms with van der Waals surface area (Å²) in [5.41, 5.74) is 4.93. The van der Waals surface area contributed by atoms with Crippen molar-refractivity contribution in [1.29, 1.82) is 0 Å². The van der Waals surface area contributed by atoms with Gasteiger partial charge in [-0.25, -0.2) is 0 Å². The van der Waals surface area contributed by atoms with Crippen LogP contribution in [0.15, 0.2) is 36.4 Å². The molecule has 0 heterocycles. The summed E-state index contributed by atoms with van der Waals surface area (Å²) < 4.78 is 0. The molecule has 2 aromatic carbocycles. The summed E-state index contributed by atoms with van der Waals surface area (Å²) >= 11 is 0. The molecule has 0 atom stereocenters. The van der Waals surface area contributed by atoms with Crippen LogP contribution in [-0.4, -0.2) is 11.8 Å². The third kappa shape index (κ3) is 3.34. The van der Waals surface area contributed by atoms with Gasteiger partial charge in [-0.05, 0) is 55.7 Å². The average molecular weight is 296 g/mol. The summed E-state index contributed by atoms with van der Waals surface area (Å²) in [5.74, 6) is -0.287. The van der Waals surface area contributed by atoms with Gasteiger partial charge >= 0.3 is 0 Å². The van der Waals surface area contributed by atoms with Gasteiger partial charge in [0.15, 0.2) is 0 Å². The minimum Gasteiger partial charge on any atom is -0.326 e. The first kappa shape index (κ1) is 15.8. The summed E-state index contributed by atoms with van der Waals surface area (Å²) in [4.78, 5) is 23.7. The second kappa shape index (κ2) is 6.43. The normalized spacial score (nSPS) is 10.2. The van der Waals surface area contributed by atoms with E-state index in [1.807, 2.05) is 51.1 Å². The molecule has 0 unspecified atom stereocenters. The SMILES string of the molecule is CC(=O)Nc1cccc(NC(=O)c2cccc(C)c2C)c1C. The number of hydrogen-bond acceptors (Lipinski definition) is 2. The molecule has 0 aromatic heterocycles. The van der Waals surface area contributed by atoms with Gasteiger partial charge in [0, 0.05) is 23.9 Å². The van der Waals surface area contributed by atoms with Crippen molar-refractivity contribution in [2.24, 2.45) is 0 Å². The lowest BCUT2D eigenvalue weighted by molar-refractivity contribution is -0.114. The van der Waals surface area contributed by atoms with E-state index in [4.69, 9.17) is 0 Å². The molecule has 0 aliphatic rings. The van der Waals surface area contributed by atoms with Gasteiger partial charge in [-0.3, -0.25) is 9.59 Å². The van der Waals surface area contributed by atoms with E-state index in [2.05, 4.69) is 10.6 Å². The lowest BCUT2D eigenvalue weighted by Gasteiger charge is -2.14. The highest BCUT2D eigenvalue weighted by Crippen LogP contribution is 2.24. The van der Waals surface area contributed by atoms with Crippen LogP contribution in [0.3, 0.4) is 0 Å². The van der Waals surface area contributed by atoms with E-state index >= 15 is 0 Å². The summed E-state index contributed by atoms with van der Waals surface area (Å²) in [6.07, 6.45) is 0. The van der Waals surface area contributed by atoms with E-state index in [9.17, 15) is 9.59 Å². The van der Waals surface area contributed by atoms with E-state index in [-0.39, 0.29) is 11.8 Å². The Labute approximate surface area is 130 Å². The third-order valence-corrected chi connectivity index (χ3v) is 3.74. The van der Waals surface area contributed by atoms with Crippen LogP contribution >= 0.6 is 0 Å². The maximum atomic E-state index is 12.5. The first-order chi connectivity index (χ1) is 10.4. The van der Waals surface area contributed by atoms with Crippen molar-refractivity contribution in [2.75, 3.05) is 10.6 Å². The molecule has 0 radical (unpaired) electrons. The molecule has 0 saturated heterocycles. The number of amides is 2. The van der Waals surface area contributed by atoms with Crippen molar-refractivity contribution >= 4 is 23.2 Å². The fraction of sp³-hybridized carbons (Fsp3) is 0.222. The molecule has 0 fully saturated rings. The van der Waals surface area contributed by atoms with Gasteiger partial charge in [0.05, 0.1) is 0 Å². The lowest BCUT2D eigenvalue weighted by atomic mass is 10.0. The Morgan fingerprint density at radius 3 is 2.05 bits per heavy atom. The first-order valence-corrected chi connectivity index (χ1v) is 7.15. The van der Waals surface area contributed by atoms with Crippen molar-refractivity contribution in [3.05, 3.63) is 58.7 Å². The molecule has 2 aromatic rings. The molecule has 114 valence electrons. The van der Waals surface area contributed by atoms with Gasteiger partial charge < -0.3 is 10.6 Å². The minimum atomic E-state index is -0.149. The molecule has 0 spiro atoms. The zero-order valence-corrected chi connectivity index (χ0v) is 13.3. The number of carbonyl (C=O) groups excluding carboxylic acids is 2. The van der Waals surface area contributed by atoms with Gasteiger partial charge in [0.2, 0.25) is 5.91 Å². The molecular weight excluding hydrogens is 276 g/mol. The van der Waals surface area contributed by atoms with E-state index in [1.165, 1.54) is 6.92 Å². The monoisotopic (exact) mass is 296 g/mol. The van der Waals surface area contributed by atoms with E-state index in [1.54, 1.807) is 6.07 Å². The number of anilines is 2. The Balaban J connectivity index is 2.29. The quantitative estimate of drug-likeness (QED) is 0.904. The smallest absolute Gasteiger partial charge is 0.255 e. The van der Waals surface area contributed by atoms with Crippen LogP contribution in [0.1, 0.15) is 34.0 Å². The zero-order chi connectivity index (χ0) is 16.3. The Morgan fingerprint density at radius 1 is 0.818 bits per heavy atom. The average Bonchev–Trinajstić information content (AvgIpc) is 2.45. The van der Waals surface area contributed by atoms with Crippen LogP contribution in [0, 0.1) is 20.8 Å². The molecule has 4 heteroatoms. The molecule has 2 rings (SSSR count). The number of aryl methyl sites for hydroxylation is 1. The highest BCUT2D eigenvalue weighted by atomic mass is 16.2. The fourth-order valence-corrected chi connectivity index (χ4v) is 2.28. The maximum absolute atomic E-state index is 12.5. The number of nitrogens with one attached hydrogen (secondary N) is 2. The molecule has 2 amide bonds. The predicted octanol–water partition coefficient (Wildman–Crippen LogP) is 3.82. The van der Waals surface area contributed by atoms with Gasteiger partial charge in [-0.1, -0.05) is 18.2 Å². The molecular formula is C18H20N2O2. The Morgan fingerprint density at radius 2 is 1.41 bits per heavy atom. The molecule has 2 N–H and O–H groups in total. The third-order valence-electron chi connectivity index (χ3n) is 3.74. The molecule has 4 nitrogen and oxygen atoms in total. The molecule has 0 bridgehead atoms. The topological polar surface area (TPSA) is 58.2 Å². The van der Waals surface area contributed by atoms with Crippen molar-refractivity contribution in [3.8, 4) is 0 Å². The van der Waals surface area contributed by atoms with Crippen LogP contribution in [0.5, 0.6) is 0 Å². The second-order valence-electron chi connectivity index (χ2n) is 5.36. The molecule has 22 heavy (non-hydrogen) atoms. The Bertz CT molecular complexity index is 736. The highest BCUT2D eigenvalue weighted by Gasteiger charge is 2.12. The summed E-state index contributed by atoms with van der Waals surface area (Å²) in [5, 5.41) is 5.67. The Kier molecular flexibility index (Phi) is 4.61. The number of hydrogen-bond donors (Lipinski definition) is 2. The fourth-order valence-electron chi connectivity index (χ4n) is 2.28. The van der Waals surface area contributed by atoms with Crippen LogP contribution in [0.4, 0.5) is 11.4 Å². The molecule has 0 aliphatic heterocycles. The lowest BCUT2D eigenvalue weighted by Crippen LogP contribution is -2.15. The van der Waals surface area contributed by atoms with Gasteiger partial charge in [-0.15, -0.1) is 0 Å². The highest BCUT2D eigenvalue weighted by molar-refractivity contribution is 6.06. The van der Waals surface area contributed by atoms with Gasteiger partial charge in [0.1, 0.15) is 0 Å². The predicted molar refractivity (Wildman–Crippen MR) is 89.4 cm³/mol. The molecule has 0 saturated carbocycles. The van der Waals surface area contributed by atoms with E-state index in [0.717, 1.165) is 16.7 Å². The van der Waals surface area contributed by atoms with Gasteiger partial charge in [0.25, 0.3) is 5.91 Å². The van der Waals surface area contributed by atoms with E-state index in [0.29, 0.717) is 16.9 Å². The molecule has 0 aliphatic carbocycles. The standard InChI is InChI=1S/C18H20N2O2/c1-11-7-5-8-15(12(11)2)18(22)20-17-10-6-9-16(13(17)3)19-14(4)21/h5-10H,1-4H3,(H,19,21)(H,20,22). The summed E-state index contributed by atoms with van der Waals surface area (Å²) in [7, 11) is 0. The number of benzene rings is 2. The first-order valence-electron chi connectivity index (χ1n) is 7.15. The van der Waals surface area contributed by atoms with Gasteiger partial charge in [-0.2, -0.15) is 0 Å². The van der Waals surface area contributed by atoms with Crippen LogP contribution in [-0.2, 0) is 4.79 Å². The van der Waals surface area contributed by atoms with E-state index < -0.39 is 0 Å². The number of rotatable bonds is 3. The second-order valence-corrected chi connectivity index (χ2v) is 5.36. The van der Waals surface area contributed by atoms with Crippen molar-refractivity contribution in [3.63, 3.8) is 0 Å². The van der Waals surface area contributed by atoms with Crippen LogP contribution in [0.2, 0.25) is 0 Å². The van der Waals surface area contributed by atoms with Crippen LogP contribution < -0.4 is 10.6 Å². The van der Waals surface area contributed by atoms with Crippen LogP contribution in [0.25, 0.3) is 0 Å². The minimum absolute atomic E-state index is 0.138. The summed E-state index contributed by atoms with van der Waals surface area (Å²) in [6, 6.07) is 11.1. The summed E-state index contributed by atoms with van der Waals surface area (Å²) in [6.45, 7) is 7.24. The number of carbonyl (C=O) groups is 2. The van der Waals surface area contributed by atoms with Crippen molar-refractivity contribution < 1.29 is 9.59 Å². The maximum Gasteiger partial charge on any atom is 0.255 e. The zero-order valence-electron chi connectivity index (χ0n) is 13.3. The Hall–Kier alpha value is -2.62. The largest absolute Gasteiger partial charge is 0.326 e.